The van der Waals surface area contributed by atoms with Gasteiger partial charge < -0.3 is 0 Å². The van der Waals surface area contributed by atoms with Crippen molar-refractivity contribution < 1.29 is 12.6 Å². The zero-order valence-corrected chi connectivity index (χ0v) is 12.4. The van der Waals surface area contributed by atoms with Gasteiger partial charge in [-0.2, -0.15) is 4.21 Å². The van der Waals surface area contributed by atoms with Crippen LogP contribution in [0.5, 0.6) is 0 Å². The Labute approximate surface area is 109 Å². The normalized spacial score (nSPS) is 14.8. The molecule has 0 spiro atoms. The molecule has 4 heteroatoms. The number of rotatable bonds is 12. The minimum Gasteiger partial charge on any atom is -0.268 e. The summed E-state index contributed by atoms with van der Waals surface area (Å²) in [5.74, 6) is 0. The van der Waals surface area contributed by atoms with Gasteiger partial charge in [-0.25, -0.2) is 0 Å². The first kappa shape index (κ1) is 17.1. The topological polar surface area (TPSA) is 35.5 Å². The molecule has 0 radical (unpaired) electrons. The van der Waals surface area contributed by atoms with E-state index in [1.54, 1.807) is 0 Å². The summed E-state index contributed by atoms with van der Waals surface area (Å²) in [5.41, 5.74) is 0. The van der Waals surface area contributed by atoms with Gasteiger partial charge in [0.1, 0.15) is 0 Å². The Bertz CT molecular complexity index is 186. The van der Waals surface area contributed by atoms with Crippen molar-refractivity contribution in [2.24, 2.45) is 0 Å². The van der Waals surface area contributed by atoms with Crippen molar-refractivity contribution in [3.05, 3.63) is 0 Å². The van der Waals surface area contributed by atoms with E-state index in [0.717, 1.165) is 25.7 Å². The van der Waals surface area contributed by atoms with Crippen molar-refractivity contribution in [2.75, 3.05) is 6.61 Å². The van der Waals surface area contributed by atoms with Crippen LogP contribution in [0.25, 0.3) is 0 Å². The highest BCUT2D eigenvalue weighted by molar-refractivity contribution is 7.75. The monoisotopic (exact) mass is 264 g/mol. The van der Waals surface area contributed by atoms with Gasteiger partial charge in [-0.15, -0.1) is 0 Å². The second kappa shape index (κ2) is 12.5. The SMILES string of the molecule is CCCCCCCCOS(=O)OC(C)CCC. The third-order valence-electron chi connectivity index (χ3n) is 2.62. The van der Waals surface area contributed by atoms with Crippen LogP contribution in [0.3, 0.4) is 0 Å². The molecule has 0 aromatic heterocycles. The van der Waals surface area contributed by atoms with E-state index in [0.29, 0.717) is 6.61 Å². The Morgan fingerprint density at radius 2 is 1.65 bits per heavy atom. The zero-order chi connectivity index (χ0) is 12.9. The number of unbranched alkanes of at least 4 members (excludes halogenated alkanes) is 5. The fraction of sp³-hybridized carbons (Fsp3) is 1.00. The highest BCUT2D eigenvalue weighted by atomic mass is 32.2. The van der Waals surface area contributed by atoms with Crippen molar-refractivity contribution in [3.8, 4) is 0 Å². The first-order valence-electron chi connectivity index (χ1n) is 6.92. The van der Waals surface area contributed by atoms with Gasteiger partial charge in [0.05, 0.1) is 12.7 Å². The molecule has 17 heavy (non-hydrogen) atoms. The molecular formula is C13H28O3S. The lowest BCUT2D eigenvalue weighted by atomic mass is 10.1. The first-order chi connectivity index (χ1) is 8.20. The average molecular weight is 264 g/mol. The molecule has 0 aliphatic rings. The molecule has 3 nitrogen and oxygen atoms in total. The van der Waals surface area contributed by atoms with Crippen molar-refractivity contribution in [3.63, 3.8) is 0 Å². The molecule has 2 atom stereocenters. The van der Waals surface area contributed by atoms with Gasteiger partial charge >= 0.3 is 11.4 Å². The van der Waals surface area contributed by atoms with E-state index in [1.165, 1.54) is 25.7 Å². The minimum absolute atomic E-state index is 0.0189. The van der Waals surface area contributed by atoms with Crippen molar-refractivity contribution in [1.29, 1.82) is 0 Å². The maximum absolute atomic E-state index is 11.3. The largest absolute Gasteiger partial charge is 0.304 e. The molecular weight excluding hydrogens is 236 g/mol. The summed E-state index contributed by atoms with van der Waals surface area (Å²) < 4.78 is 21.6. The molecule has 0 heterocycles. The maximum Gasteiger partial charge on any atom is 0.304 e. The van der Waals surface area contributed by atoms with Crippen LogP contribution in [0.1, 0.15) is 72.1 Å². The predicted molar refractivity (Wildman–Crippen MR) is 72.9 cm³/mol. The molecule has 2 unspecified atom stereocenters. The van der Waals surface area contributed by atoms with Crippen LogP contribution < -0.4 is 0 Å². The Morgan fingerprint density at radius 3 is 2.29 bits per heavy atom. The van der Waals surface area contributed by atoms with E-state index in [2.05, 4.69) is 13.8 Å². The van der Waals surface area contributed by atoms with E-state index in [4.69, 9.17) is 8.37 Å². The highest BCUT2D eigenvalue weighted by Crippen LogP contribution is 2.07. The molecule has 0 aromatic rings. The van der Waals surface area contributed by atoms with E-state index >= 15 is 0 Å². The van der Waals surface area contributed by atoms with Crippen LogP contribution in [-0.2, 0) is 19.7 Å². The van der Waals surface area contributed by atoms with Crippen molar-refractivity contribution in [2.45, 2.75) is 78.2 Å². The molecule has 0 saturated heterocycles. The molecule has 0 bridgehead atoms. The Kier molecular flexibility index (Phi) is 12.6. The van der Waals surface area contributed by atoms with E-state index in [9.17, 15) is 4.21 Å². The average Bonchev–Trinajstić information content (AvgIpc) is 2.28. The predicted octanol–water partition coefficient (Wildman–Crippen LogP) is 4.15. The Hall–Kier alpha value is 0.0700. The maximum atomic E-state index is 11.3. The summed E-state index contributed by atoms with van der Waals surface area (Å²) in [6, 6.07) is 0. The fourth-order valence-corrected chi connectivity index (χ4v) is 2.30. The first-order valence-corrected chi connectivity index (χ1v) is 7.92. The molecule has 0 aromatic carbocycles. The van der Waals surface area contributed by atoms with Gasteiger partial charge in [0.15, 0.2) is 0 Å². The summed E-state index contributed by atoms with van der Waals surface area (Å²) in [5, 5.41) is 0. The molecule has 0 N–H and O–H groups in total. The Balaban J connectivity index is 3.27. The van der Waals surface area contributed by atoms with E-state index in [-0.39, 0.29) is 6.10 Å². The Morgan fingerprint density at radius 1 is 1.00 bits per heavy atom. The standard InChI is InChI=1S/C13H28O3S/c1-4-6-7-8-9-10-12-15-17(14)16-13(3)11-5-2/h13H,4-12H2,1-3H3. The zero-order valence-electron chi connectivity index (χ0n) is 11.6. The van der Waals surface area contributed by atoms with Crippen LogP contribution in [-0.4, -0.2) is 16.9 Å². The molecule has 104 valence electrons. The van der Waals surface area contributed by atoms with Gasteiger partial charge in [-0.1, -0.05) is 52.4 Å². The third-order valence-corrected chi connectivity index (χ3v) is 3.46. The molecule has 0 saturated carbocycles. The van der Waals surface area contributed by atoms with Crippen LogP contribution in [0.4, 0.5) is 0 Å². The quantitative estimate of drug-likeness (QED) is 0.497. The lowest BCUT2D eigenvalue weighted by Crippen LogP contribution is -2.12. The van der Waals surface area contributed by atoms with Crippen LogP contribution in [0.15, 0.2) is 0 Å². The van der Waals surface area contributed by atoms with Crippen molar-refractivity contribution >= 4 is 11.4 Å². The summed E-state index contributed by atoms with van der Waals surface area (Å²) >= 11 is -1.56. The lowest BCUT2D eigenvalue weighted by Gasteiger charge is -2.09. The van der Waals surface area contributed by atoms with Crippen LogP contribution in [0.2, 0.25) is 0 Å². The molecule has 0 rings (SSSR count). The number of hydrogen-bond acceptors (Lipinski definition) is 3. The molecule has 0 aliphatic carbocycles. The van der Waals surface area contributed by atoms with Gasteiger partial charge in [-0.3, -0.25) is 8.37 Å². The highest BCUT2D eigenvalue weighted by Gasteiger charge is 2.07. The summed E-state index contributed by atoms with van der Waals surface area (Å²) in [6.07, 6.45) is 9.23. The second-order valence-electron chi connectivity index (χ2n) is 4.49. The van der Waals surface area contributed by atoms with Crippen molar-refractivity contribution in [1.82, 2.24) is 0 Å². The van der Waals surface area contributed by atoms with E-state index in [1.807, 2.05) is 6.92 Å². The summed E-state index contributed by atoms with van der Waals surface area (Å²) in [7, 11) is 0. The second-order valence-corrected chi connectivity index (χ2v) is 5.33. The number of hydrogen-bond donors (Lipinski definition) is 0. The van der Waals surface area contributed by atoms with Crippen LogP contribution >= 0.6 is 0 Å². The van der Waals surface area contributed by atoms with Crippen LogP contribution in [0, 0.1) is 0 Å². The minimum atomic E-state index is -1.56. The van der Waals surface area contributed by atoms with E-state index < -0.39 is 11.4 Å². The van der Waals surface area contributed by atoms with Gasteiger partial charge in [-0.05, 0) is 19.8 Å². The van der Waals surface area contributed by atoms with Gasteiger partial charge in [0, 0.05) is 0 Å². The molecule has 0 amide bonds. The molecule has 0 aliphatic heterocycles. The fourth-order valence-electron chi connectivity index (χ4n) is 1.63. The van der Waals surface area contributed by atoms with Gasteiger partial charge in [0.2, 0.25) is 0 Å². The third kappa shape index (κ3) is 12.3. The van der Waals surface area contributed by atoms with Gasteiger partial charge in [0.25, 0.3) is 0 Å². The lowest BCUT2D eigenvalue weighted by molar-refractivity contribution is 0.185. The summed E-state index contributed by atoms with van der Waals surface area (Å²) in [6.45, 7) is 6.76. The smallest absolute Gasteiger partial charge is 0.268 e. The summed E-state index contributed by atoms with van der Waals surface area (Å²) in [4.78, 5) is 0. The molecule has 0 fully saturated rings.